The standard InChI is InChI=1S/C19H26N4O3S/c20-27(24,25)18-5-1-4-17-16(18)6-9-21-19(17)22-14-7-10-23(11-8-14)13-15-3-2-12-26-15/h1,4-6,9,14-15H,2-3,7-8,10-13H2,(H,21,22)(H2,20,24,25). The van der Waals surface area contributed by atoms with E-state index in [-0.39, 0.29) is 4.90 Å². The van der Waals surface area contributed by atoms with Gasteiger partial charge in [-0.15, -0.1) is 0 Å². The molecule has 0 bridgehead atoms. The summed E-state index contributed by atoms with van der Waals surface area (Å²) in [5, 5.41) is 10.3. The molecule has 146 valence electrons. The monoisotopic (exact) mass is 390 g/mol. The van der Waals surface area contributed by atoms with Crippen molar-refractivity contribution in [2.45, 2.75) is 42.7 Å². The molecule has 3 N–H and O–H groups in total. The SMILES string of the molecule is NS(=O)(=O)c1cccc2c(NC3CCN(CC4CCCO4)CC3)nccc12. The van der Waals surface area contributed by atoms with Gasteiger partial charge in [0.15, 0.2) is 0 Å². The van der Waals surface area contributed by atoms with Crippen molar-refractivity contribution in [1.29, 1.82) is 0 Å². The Bertz CT molecular complexity index is 904. The number of sulfonamides is 1. The first-order chi connectivity index (χ1) is 13.0. The van der Waals surface area contributed by atoms with E-state index in [0.29, 0.717) is 17.5 Å². The second-order valence-corrected chi connectivity index (χ2v) is 8.94. The van der Waals surface area contributed by atoms with E-state index in [1.807, 2.05) is 6.07 Å². The first-order valence-corrected chi connectivity index (χ1v) is 11.1. The highest BCUT2D eigenvalue weighted by atomic mass is 32.2. The van der Waals surface area contributed by atoms with Gasteiger partial charge in [0.25, 0.3) is 0 Å². The highest BCUT2D eigenvalue weighted by Crippen LogP contribution is 2.28. The van der Waals surface area contributed by atoms with Crippen LogP contribution in [0.25, 0.3) is 10.8 Å². The molecule has 7 nitrogen and oxygen atoms in total. The van der Waals surface area contributed by atoms with Gasteiger partial charge in [-0.05, 0) is 37.8 Å². The maximum absolute atomic E-state index is 11.8. The van der Waals surface area contributed by atoms with Gasteiger partial charge in [0, 0.05) is 49.3 Å². The number of fused-ring (bicyclic) bond motifs is 1. The van der Waals surface area contributed by atoms with Gasteiger partial charge in [0.2, 0.25) is 10.0 Å². The molecule has 1 aromatic heterocycles. The molecule has 8 heteroatoms. The molecule has 27 heavy (non-hydrogen) atoms. The van der Waals surface area contributed by atoms with Gasteiger partial charge in [0.1, 0.15) is 5.82 Å². The van der Waals surface area contributed by atoms with Gasteiger partial charge in [-0.2, -0.15) is 0 Å². The maximum atomic E-state index is 11.8. The third-order valence-electron chi connectivity index (χ3n) is 5.49. The number of rotatable bonds is 5. The number of anilines is 1. The van der Waals surface area contributed by atoms with Crippen molar-refractivity contribution in [1.82, 2.24) is 9.88 Å². The second kappa shape index (κ2) is 7.71. The molecule has 0 amide bonds. The van der Waals surface area contributed by atoms with Gasteiger partial charge < -0.3 is 15.0 Å². The van der Waals surface area contributed by atoms with Crippen LogP contribution >= 0.6 is 0 Å². The van der Waals surface area contributed by atoms with Crippen LogP contribution in [0.15, 0.2) is 35.4 Å². The molecule has 1 unspecified atom stereocenters. The Labute approximate surface area is 159 Å². The third kappa shape index (κ3) is 4.24. The van der Waals surface area contributed by atoms with Crippen molar-refractivity contribution in [3.8, 4) is 0 Å². The molecule has 0 spiro atoms. The third-order valence-corrected chi connectivity index (χ3v) is 6.46. The minimum atomic E-state index is -3.77. The summed E-state index contributed by atoms with van der Waals surface area (Å²) in [6.07, 6.45) is 6.43. The number of hydrogen-bond donors (Lipinski definition) is 2. The molecule has 1 aromatic carbocycles. The molecule has 1 atom stereocenters. The molecular weight excluding hydrogens is 364 g/mol. The number of primary sulfonamides is 1. The van der Waals surface area contributed by atoms with Gasteiger partial charge in [-0.25, -0.2) is 18.5 Å². The summed E-state index contributed by atoms with van der Waals surface area (Å²) in [6, 6.07) is 7.14. The summed E-state index contributed by atoms with van der Waals surface area (Å²) in [6.45, 7) is 3.99. The summed E-state index contributed by atoms with van der Waals surface area (Å²) in [5.74, 6) is 0.718. The Morgan fingerprint density at radius 2 is 2.00 bits per heavy atom. The second-order valence-electron chi connectivity index (χ2n) is 7.41. The Kier molecular flexibility index (Phi) is 5.32. The molecule has 2 fully saturated rings. The molecule has 2 aliphatic heterocycles. The predicted molar refractivity (Wildman–Crippen MR) is 105 cm³/mol. The van der Waals surface area contributed by atoms with Crippen LogP contribution in [0, 0.1) is 0 Å². The Morgan fingerprint density at radius 1 is 1.19 bits per heavy atom. The number of nitrogens with one attached hydrogen (secondary N) is 1. The van der Waals surface area contributed by atoms with Crippen molar-refractivity contribution < 1.29 is 13.2 Å². The van der Waals surface area contributed by atoms with Gasteiger partial charge in [-0.1, -0.05) is 12.1 Å². The van der Waals surface area contributed by atoms with E-state index in [4.69, 9.17) is 9.88 Å². The van der Waals surface area contributed by atoms with E-state index in [1.54, 1.807) is 18.3 Å². The van der Waals surface area contributed by atoms with Crippen LogP contribution in [0.3, 0.4) is 0 Å². The topological polar surface area (TPSA) is 97.5 Å². The molecule has 4 rings (SSSR count). The average Bonchev–Trinajstić information content (AvgIpc) is 3.15. The summed E-state index contributed by atoms with van der Waals surface area (Å²) >= 11 is 0. The van der Waals surface area contributed by atoms with E-state index in [1.165, 1.54) is 18.9 Å². The van der Waals surface area contributed by atoms with Crippen LogP contribution in [0.2, 0.25) is 0 Å². The van der Waals surface area contributed by atoms with Crippen molar-refractivity contribution in [2.24, 2.45) is 5.14 Å². The number of pyridine rings is 1. The van der Waals surface area contributed by atoms with Gasteiger partial charge in [0.05, 0.1) is 11.0 Å². The van der Waals surface area contributed by atoms with Gasteiger partial charge >= 0.3 is 0 Å². The lowest BCUT2D eigenvalue weighted by atomic mass is 10.0. The normalized spacial score (nSPS) is 22.3. The van der Waals surface area contributed by atoms with Crippen LogP contribution in [-0.2, 0) is 14.8 Å². The number of piperidine rings is 1. The Balaban J connectivity index is 1.45. The lowest BCUT2D eigenvalue weighted by molar-refractivity contribution is 0.0654. The summed E-state index contributed by atoms with van der Waals surface area (Å²) in [5.41, 5.74) is 0. The summed E-state index contributed by atoms with van der Waals surface area (Å²) < 4.78 is 29.4. The number of nitrogens with zero attached hydrogens (tertiary/aromatic N) is 2. The van der Waals surface area contributed by atoms with E-state index >= 15 is 0 Å². The lowest BCUT2D eigenvalue weighted by Gasteiger charge is -2.34. The Hall–Kier alpha value is -1.74. The number of aromatic nitrogens is 1. The predicted octanol–water partition coefficient (Wildman–Crippen LogP) is 1.94. The van der Waals surface area contributed by atoms with Crippen LogP contribution in [-0.4, -0.2) is 56.7 Å². The molecule has 2 aromatic rings. The zero-order valence-corrected chi connectivity index (χ0v) is 16.1. The van der Waals surface area contributed by atoms with E-state index in [0.717, 1.165) is 50.3 Å². The minimum absolute atomic E-state index is 0.136. The fraction of sp³-hybridized carbons (Fsp3) is 0.526. The van der Waals surface area contributed by atoms with E-state index < -0.39 is 10.0 Å². The molecule has 0 saturated carbocycles. The largest absolute Gasteiger partial charge is 0.377 e. The van der Waals surface area contributed by atoms with E-state index in [2.05, 4.69) is 15.2 Å². The van der Waals surface area contributed by atoms with E-state index in [9.17, 15) is 8.42 Å². The summed E-state index contributed by atoms with van der Waals surface area (Å²) in [4.78, 5) is 7.06. The zero-order chi connectivity index (χ0) is 18.9. The van der Waals surface area contributed by atoms with Crippen LogP contribution < -0.4 is 10.5 Å². The summed E-state index contributed by atoms with van der Waals surface area (Å²) in [7, 11) is -3.77. The Morgan fingerprint density at radius 3 is 2.70 bits per heavy atom. The smallest absolute Gasteiger partial charge is 0.238 e. The fourth-order valence-electron chi connectivity index (χ4n) is 4.07. The fourth-order valence-corrected chi connectivity index (χ4v) is 4.82. The lowest BCUT2D eigenvalue weighted by Crippen LogP contribution is -2.42. The molecule has 3 heterocycles. The highest BCUT2D eigenvalue weighted by molar-refractivity contribution is 7.89. The average molecular weight is 391 g/mol. The van der Waals surface area contributed by atoms with Crippen LogP contribution in [0.4, 0.5) is 5.82 Å². The van der Waals surface area contributed by atoms with Crippen LogP contribution in [0.1, 0.15) is 25.7 Å². The zero-order valence-electron chi connectivity index (χ0n) is 15.3. The molecule has 2 aliphatic rings. The number of hydrogen-bond acceptors (Lipinski definition) is 6. The van der Waals surface area contributed by atoms with Crippen molar-refractivity contribution in [3.63, 3.8) is 0 Å². The quantitative estimate of drug-likeness (QED) is 0.810. The first kappa shape index (κ1) is 18.6. The molecule has 0 aliphatic carbocycles. The molecular formula is C19H26N4O3S. The number of ether oxygens (including phenoxy) is 1. The van der Waals surface area contributed by atoms with Crippen LogP contribution in [0.5, 0.6) is 0 Å². The van der Waals surface area contributed by atoms with Crippen molar-refractivity contribution in [3.05, 3.63) is 30.5 Å². The number of likely N-dealkylation sites (tertiary alicyclic amines) is 1. The van der Waals surface area contributed by atoms with Crippen molar-refractivity contribution >= 4 is 26.6 Å². The maximum Gasteiger partial charge on any atom is 0.238 e. The van der Waals surface area contributed by atoms with Gasteiger partial charge in [-0.3, -0.25) is 0 Å². The highest BCUT2D eigenvalue weighted by Gasteiger charge is 2.24. The molecule has 2 saturated heterocycles. The van der Waals surface area contributed by atoms with Crippen molar-refractivity contribution in [2.75, 3.05) is 31.6 Å². The first-order valence-electron chi connectivity index (χ1n) is 9.52. The number of benzene rings is 1. The molecule has 0 radical (unpaired) electrons. The minimum Gasteiger partial charge on any atom is -0.377 e. The number of nitrogens with two attached hydrogens (primary N) is 1.